The van der Waals surface area contributed by atoms with E-state index in [0.29, 0.717) is 58.2 Å². The van der Waals surface area contributed by atoms with Crippen molar-refractivity contribution in [3.63, 3.8) is 0 Å². The third-order valence-electron chi connectivity index (χ3n) is 6.67. The fraction of sp³-hybridized carbons (Fsp3) is 0.500. The molecule has 2 aliphatic heterocycles. The van der Waals surface area contributed by atoms with Crippen LogP contribution in [0.5, 0.6) is 0 Å². The zero-order valence-electron chi connectivity index (χ0n) is 19.3. The number of hydrogen-bond donors (Lipinski definition) is 0. The first kappa shape index (κ1) is 21.5. The van der Waals surface area contributed by atoms with Crippen LogP contribution in [0.1, 0.15) is 75.2 Å². The molecule has 0 bridgehead atoms. The topological polar surface area (TPSA) is 105 Å². The molecule has 172 valence electrons. The van der Waals surface area contributed by atoms with E-state index in [0.717, 1.165) is 38.8 Å². The van der Waals surface area contributed by atoms with Crippen molar-refractivity contribution in [1.29, 1.82) is 0 Å². The smallest absolute Gasteiger partial charge is 0.258 e. The van der Waals surface area contributed by atoms with Crippen molar-refractivity contribution in [1.82, 2.24) is 29.9 Å². The molecular formula is C24H28N6O3. The molecule has 2 aliphatic rings. The maximum Gasteiger partial charge on any atom is 0.258 e. The van der Waals surface area contributed by atoms with Gasteiger partial charge in [0, 0.05) is 44.0 Å². The van der Waals surface area contributed by atoms with Gasteiger partial charge in [0.1, 0.15) is 5.82 Å². The minimum atomic E-state index is -0.0564. The summed E-state index contributed by atoms with van der Waals surface area (Å²) in [6.45, 7) is 8.33. The van der Waals surface area contributed by atoms with E-state index in [1.54, 1.807) is 12.3 Å². The quantitative estimate of drug-likeness (QED) is 0.606. The Morgan fingerprint density at radius 2 is 1.67 bits per heavy atom. The van der Waals surface area contributed by atoms with Crippen LogP contribution < -0.4 is 0 Å². The fourth-order valence-corrected chi connectivity index (χ4v) is 4.91. The highest BCUT2D eigenvalue weighted by Crippen LogP contribution is 2.29. The van der Waals surface area contributed by atoms with Crippen molar-refractivity contribution in [2.75, 3.05) is 26.2 Å². The first-order valence-corrected chi connectivity index (χ1v) is 11.6. The van der Waals surface area contributed by atoms with Crippen LogP contribution in [-0.4, -0.2) is 67.9 Å². The van der Waals surface area contributed by atoms with Gasteiger partial charge >= 0.3 is 0 Å². The van der Waals surface area contributed by atoms with E-state index < -0.39 is 0 Å². The molecule has 2 fully saturated rings. The highest BCUT2D eigenvalue weighted by atomic mass is 16.5. The predicted molar refractivity (Wildman–Crippen MR) is 121 cm³/mol. The maximum atomic E-state index is 13.5. The molecule has 0 N–H and O–H groups in total. The highest BCUT2D eigenvalue weighted by Gasteiger charge is 2.30. The number of pyridine rings is 1. The van der Waals surface area contributed by atoms with Gasteiger partial charge in [-0.1, -0.05) is 5.16 Å². The number of carbonyl (C=O) groups excluding carboxylic acids is 2. The second kappa shape index (κ2) is 8.53. The Kier molecular flexibility index (Phi) is 5.55. The molecule has 1 atom stereocenters. The molecule has 2 amide bonds. The van der Waals surface area contributed by atoms with E-state index in [2.05, 4.69) is 15.1 Å². The second-order valence-corrected chi connectivity index (χ2v) is 9.08. The molecule has 5 rings (SSSR count). The van der Waals surface area contributed by atoms with Crippen molar-refractivity contribution in [3.05, 3.63) is 46.3 Å². The monoisotopic (exact) mass is 448 g/mol. The number of amides is 2. The Labute approximate surface area is 192 Å². The average molecular weight is 449 g/mol. The Morgan fingerprint density at radius 1 is 0.939 bits per heavy atom. The molecule has 3 aromatic heterocycles. The Bertz CT molecular complexity index is 1230. The van der Waals surface area contributed by atoms with Gasteiger partial charge in [-0.05, 0) is 52.5 Å². The minimum Gasteiger partial charge on any atom is -0.339 e. The van der Waals surface area contributed by atoms with E-state index in [9.17, 15) is 9.59 Å². The molecule has 2 saturated heterocycles. The molecule has 0 aliphatic carbocycles. The van der Waals surface area contributed by atoms with Gasteiger partial charge in [-0.15, -0.1) is 0 Å². The summed E-state index contributed by atoms with van der Waals surface area (Å²) in [4.78, 5) is 43.6. The van der Waals surface area contributed by atoms with Crippen molar-refractivity contribution in [2.45, 2.75) is 52.4 Å². The minimum absolute atomic E-state index is 0.0122. The second-order valence-electron chi connectivity index (χ2n) is 9.08. The van der Waals surface area contributed by atoms with Crippen LogP contribution in [0.4, 0.5) is 0 Å². The third-order valence-corrected chi connectivity index (χ3v) is 6.67. The van der Waals surface area contributed by atoms with Gasteiger partial charge in [0.2, 0.25) is 0 Å². The van der Waals surface area contributed by atoms with Gasteiger partial charge in [-0.25, -0.2) is 15.0 Å². The average Bonchev–Trinajstić information content (AvgIpc) is 3.48. The standard InChI is InChI=1S/C24H28N6O3/c1-14-11-18(20-16(3)28-33-22(20)26-14)23(31)30-10-6-7-17(13-30)21-25-12-19(15(2)27-21)24(32)29-8-4-5-9-29/h11-12,17H,4-10,13H2,1-3H3/t17-/m0/s1. The van der Waals surface area contributed by atoms with Crippen LogP contribution >= 0.6 is 0 Å². The first-order valence-electron chi connectivity index (χ1n) is 11.6. The normalized spacial score (nSPS) is 18.8. The largest absolute Gasteiger partial charge is 0.339 e. The number of aromatic nitrogens is 4. The van der Waals surface area contributed by atoms with E-state index in [-0.39, 0.29) is 17.7 Å². The summed E-state index contributed by atoms with van der Waals surface area (Å²) in [6.07, 6.45) is 5.53. The summed E-state index contributed by atoms with van der Waals surface area (Å²) in [5, 5.41) is 4.66. The van der Waals surface area contributed by atoms with Gasteiger partial charge in [0.15, 0.2) is 0 Å². The van der Waals surface area contributed by atoms with E-state index in [4.69, 9.17) is 9.51 Å². The molecule has 3 aromatic rings. The van der Waals surface area contributed by atoms with Crippen LogP contribution in [0.25, 0.3) is 11.1 Å². The van der Waals surface area contributed by atoms with Gasteiger partial charge in [0.25, 0.3) is 17.5 Å². The SMILES string of the molecule is Cc1cc(C(=O)N2CCC[C@H](c3ncc(C(=O)N4CCCC4)c(C)n3)C2)c2c(C)noc2n1. The maximum absolute atomic E-state index is 13.5. The zero-order valence-corrected chi connectivity index (χ0v) is 19.3. The lowest BCUT2D eigenvalue weighted by Gasteiger charge is -2.32. The van der Waals surface area contributed by atoms with E-state index in [1.165, 1.54) is 0 Å². The lowest BCUT2D eigenvalue weighted by molar-refractivity contribution is 0.0706. The van der Waals surface area contributed by atoms with Gasteiger partial charge in [-0.2, -0.15) is 0 Å². The fourth-order valence-electron chi connectivity index (χ4n) is 4.91. The number of fused-ring (bicyclic) bond motifs is 1. The van der Waals surface area contributed by atoms with Crippen molar-refractivity contribution in [3.8, 4) is 0 Å². The number of rotatable bonds is 3. The molecular weight excluding hydrogens is 420 g/mol. The number of nitrogens with zero attached hydrogens (tertiary/aromatic N) is 6. The van der Waals surface area contributed by atoms with Crippen molar-refractivity contribution in [2.24, 2.45) is 0 Å². The Balaban J connectivity index is 1.37. The van der Waals surface area contributed by atoms with Crippen LogP contribution in [0.2, 0.25) is 0 Å². The summed E-state index contributed by atoms with van der Waals surface area (Å²) in [7, 11) is 0. The van der Waals surface area contributed by atoms with Crippen molar-refractivity contribution < 1.29 is 14.1 Å². The Hall–Kier alpha value is -3.36. The third kappa shape index (κ3) is 3.96. The van der Waals surface area contributed by atoms with Crippen LogP contribution in [0, 0.1) is 20.8 Å². The Morgan fingerprint density at radius 3 is 2.42 bits per heavy atom. The molecule has 0 saturated carbocycles. The number of piperidine rings is 1. The van der Waals surface area contributed by atoms with Crippen LogP contribution in [0.3, 0.4) is 0 Å². The number of hydrogen-bond acceptors (Lipinski definition) is 7. The van der Waals surface area contributed by atoms with Crippen LogP contribution in [0.15, 0.2) is 16.8 Å². The number of carbonyl (C=O) groups is 2. The highest BCUT2D eigenvalue weighted by molar-refractivity contribution is 6.06. The summed E-state index contributed by atoms with van der Waals surface area (Å²) < 4.78 is 5.30. The lowest BCUT2D eigenvalue weighted by Crippen LogP contribution is -2.39. The molecule has 5 heterocycles. The molecule has 0 spiro atoms. The molecule has 0 aromatic carbocycles. The number of likely N-dealkylation sites (tertiary alicyclic amines) is 2. The van der Waals surface area contributed by atoms with E-state index in [1.807, 2.05) is 30.6 Å². The number of aryl methyl sites for hydroxylation is 3. The lowest BCUT2D eigenvalue weighted by atomic mass is 9.95. The molecule has 33 heavy (non-hydrogen) atoms. The van der Waals surface area contributed by atoms with Gasteiger partial charge < -0.3 is 14.3 Å². The predicted octanol–water partition coefficient (Wildman–Crippen LogP) is 3.19. The summed E-state index contributed by atoms with van der Waals surface area (Å²) in [6, 6.07) is 1.80. The summed E-state index contributed by atoms with van der Waals surface area (Å²) in [5.74, 6) is 0.678. The molecule has 0 radical (unpaired) electrons. The van der Waals surface area contributed by atoms with E-state index >= 15 is 0 Å². The summed E-state index contributed by atoms with van der Waals surface area (Å²) in [5.41, 5.74) is 3.61. The molecule has 9 nitrogen and oxygen atoms in total. The molecule has 0 unspecified atom stereocenters. The van der Waals surface area contributed by atoms with Gasteiger partial charge in [0.05, 0.1) is 27.9 Å². The summed E-state index contributed by atoms with van der Waals surface area (Å²) >= 11 is 0. The van der Waals surface area contributed by atoms with Crippen molar-refractivity contribution >= 4 is 22.9 Å². The van der Waals surface area contributed by atoms with Gasteiger partial charge in [-0.3, -0.25) is 9.59 Å². The van der Waals surface area contributed by atoms with Crippen LogP contribution in [-0.2, 0) is 0 Å². The molecule has 9 heteroatoms. The zero-order chi connectivity index (χ0) is 23.1. The first-order chi connectivity index (χ1) is 15.9.